The maximum Gasteiger partial charge on any atom is 0.254 e. The minimum atomic E-state index is -0.376. The molecule has 4 heterocycles. The fourth-order valence-corrected chi connectivity index (χ4v) is 5.55. The number of amides is 1. The van der Waals surface area contributed by atoms with Gasteiger partial charge in [-0.1, -0.05) is 19.4 Å². The number of carbonyl (C=O) groups is 1. The number of aryl methyl sites for hydroxylation is 1. The molecule has 3 aromatic rings. The molecule has 0 unspecified atom stereocenters. The van der Waals surface area contributed by atoms with Gasteiger partial charge in [-0.25, -0.2) is 4.39 Å². The Morgan fingerprint density at radius 2 is 2.03 bits per heavy atom. The van der Waals surface area contributed by atoms with E-state index >= 15 is 0 Å². The van der Waals surface area contributed by atoms with Crippen LogP contribution in [0.1, 0.15) is 59.9 Å². The van der Waals surface area contributed by atoms with Gasteiger partial charge in [0.15, 0.2) is 0 Å². The highest BCUT2D eigenvalue weighted by atomic mass is 19.1. The first-order valence-electron chi connectivity index (χ1n) is 11.0. The van der Waals surface area contributed by atoms with Crippen LogP contribution in [0, 0.1) is 18.7 Å². The Balaban J connectivity index is 1.56. The summed E-state index contributed by atoms with van der Waals surface area (Å²) >= 11 is 0. The quantitative estimate of drug-likeness (QED) is 0.631. The SMILES string of the molecule is CCC[C@H]1[C@H]2C[C@H](CN(C(=O)c3cc(C)nc4ccc(F)cc34)C2)c2cccc(=O)n21. The van der Waals surface area contributed by atoms with Crippen LogP contribution in [0.3, 0.4) is 0 Å². The van der Waals surface area contributed by atoms with Gasteiger partial charge in [-0.15, -0.1) is 0 Å². The van der Waals surface area contributed by atoms with Gasteiger partial charge in [0, 0.05) is 47.9 Å². The standard InChI is InChI=1S/C25H26FN3O2/c1-3-5-22-16-11-17(23-6-4-7-24(30)29(22)23)14-28(13-16)25(31)20-10-15(2)27-21-9-8-18(26)12-19(20)21/h4,6-10,12,16-17,22H,3,5,11,13-14H2,1-2H3/t16-,17+,22-/m0/s1. The number of aromatic nitrogens is 2. The second-order valence-electron chi connectivity index (χ2n) is 8.89. The van der Waals surface area contributed by atoms with E-state index in [0.717, 1.165) is 30.7 Å². The monoisotopic (exact) mass is 419 g/mol. The fourth-order valence-electron chi connectivity index (χ4n) is 5.55. The lowest BCUT2D eigenvalue weighted by molar-refractivity contribution is 0.0520. The van der Waals surface area contributed by atoms with Gasteiger partial charge in [-0.3, -0.25) is 14.6 Å². The van der Waals surface area contributed by atoms with Gasteiger partial charge in [-0.2, -0.15) is 0 Å². The van der Waals surface area contributed by atoms with Crippen molar-refractivity contribution in [2.45, 2.75) is 45.1 Å². The number of pyridine rings is 2. The van der Waals surface area contributed by atoms with Crippen LogP contribution in [-0.2, 0) is 0 Å². The van der Waals surface area contributed by atoms with Crippen molar-refractivity contribution in [3.63, 3.8) is 0 Å². The molecular weight excluding hydrogens is 393 g/mol. The Morgan fingerprint density at radius 1 is 1.19 bits per heavy atom. The molecule has 1 amide bonds. The summed E-state index contributed by atoms with van der Waals surface area (Å²) in [5.41, 5.74) is 2.95. The van der Waals surface area contributed by atoms with Crippen molar-refractivity contribution in [1.29, 1.82) is 0 Å². The topological polar surface area (TPSA) is 55.2 Å². The second kappa shape index (κ2) is 7.59. The summed E-state index contributed by atoms with van der Waals surface area (Å²) in [6.07, 6.45) is 2.88. The van der Waals surface area contributed by atoms with Crippen LogP contribution in [0.5, 0.6) is 0 Å². The van der Waals surface area contributed by atoms with Crippen molar-refractivity contribution in [2.24, 2.45) is 5.92 Å². The van der Waals surface area contributed by atoms with Gasteiger partial charge in [0.1, 0.15) is 5.82 Å². The first-order valence-corrected chi connectivity index (χ1v) is 11.0. The average molecular weight is 420 g/mol. The van der Waals surface area contributed by atoms with Crippen molar-refractivity contribution >= 4 is 16.8 Å². The molecule has 1 saturated heterocycles. The number of likely N-dealkylation sites (tertiary alicyclic amines) is 1. The van der Waals surface area contributed by atoms with Crippen LogP contribution in [0.25, 0.3) is 10.9 Å². The molecule has 2 aliphatic heterocycles. The average Bonchev–Trinajstić information content (AvgIpc) is 2.76. The van der Waals surface area contributed by atoms with E-state index in [1.54, 1.807) is 18.2 Å². The number of hydrogen-bond donors (Lipinski definition) is 0. The molecule has 0 spiro atoms. The predicted molar refractivity (Wildman–Crippen MR) is 118 cm³/mol. The Bertz CT molecular complexity index is 1240. The van der Waals surface area contributed by atoms with Crippen molar-refractivity contribution in [3.05, 3.63) is 75.6 Å². The van der Waals surface area contributed by atoms with E-state index < -0.39 is 0 Å². The van der Waals surface area contributed by atoms with E-state index in [1.807, 2.05) is 28.5 Å². The Labute approximate surface area is 180 Å². The third-order valence-electron chi connectivity index (χ3n) is 6.80. The molecule has 0 aliphatic carbocycles. The molecule has 1 aromatic carbocycles. The summed E-state index contributed by atoms with van der Waals surface area (Å²) in [6, 6.07) is 11.7. The Morgan fingerprint density at radius 3 is 2.84 bits per heavy atom. The Hall–Kier alpha value is -3.02. The fraction of sp³-hybridized carbons (Fsp3) is 0.400. The zero-order valence-electron chi connectivity index (χ0n) is 17.8. The maximum atomic E-state index is 14.0. The van der Waals surface area contributed by atoms with E-state index in [-0.39, 0.29) is 35.2 Å². The molecule has 5 rings (SSSR count). The van der Waals surface area contributed by atoms with E-state index in [2.05, 4.69) is 11.9 Å². The minimum Gasteiger partial charge on any atom is -0.338 e. The van der Waals surface area contributed by atoms with Crippen molar-refractivity contribution in [1.82, 2.24) is 14.5 Å². The first-order chi connectivity index (χ1) is 15.0. The highest BCUT2D eigenvalue weighted by Gasteiger charge is 2.41. The number of carbonyl (C=O) groups excluding carboxylic acids is 1. The molecule has 2 aromatic heterocycles. The number of hydrogen-bond acceptors (Lipinski definition) is 3. The highest BCUT2D eigenvalue weighted by molar-refractivity contribution is 6.06. The predicted octanol–water partition coefficient (Wildman–Crippen LogP) is 4.44. The van der Waals surface area contributed by atoms with Gasteiger partial charge in [0.05, 0.1) is 11.1 Å². The molecule has 3 atom stereocenters. The lowest BCUT2D eigenvalue weighted by Gasteiger charge is -2.47. The minimum absolute atomic E-state index is 0.0525. The molecular formula is C25H26FN3O2. The number of piperidine rings is 1. The summed E-state index contributed by atoms with van der Waals surface area (Å²) in [4.78, 5) is 32.7. The summed E-state index contributed by atoms with van der Waals surface area (Å²) in [7, 11) is 0. The van der Waals surface area contributed by atoms with Crippen molar-refractivity contribution in [3.8, 4) is 0 Å². The van der Waals surface area contributed by atoms with Crippen molar-refractivity contribution < 1.29 is 9.18 Å². The molecule has 0 saturated carbocycles. The summed E-state index contributed by atoms with van der Waals surface area (Å²) < 4.78 is 15.9. The third-order valence-corrected chi connectivity index (χ3v) is 6.80. The number of rotatable bonds is 3. The summed E-state index contributed by atoms with van der Waals surface area (Å²) in [6.45, 7) is 5.16. The van der Waals surface area contributed by atoms with E-state index in [0.29, 0.717) is 29.6 Å². The molecule has 2 aliphatic rings. The Kier molecular flexibility index (Phi) is 4.88. The van der Waals surface area contributed by atoms with Crippen LogP contribution in [0.2, 0.25) is 0 Å². The number of fused-ring (bicyclic) bond motifs is 5. The van der Waals surface area contributed by atoms with Crippen LogP contribution in [-0.4, -0.2) is 33.4 Å². The van der Waals surface area contributed by atoms with E-state index in [1.165, 1.54) is 12.1 Å². The summed E-state index contributed by atoms with van der Waals surface area (Å²) in [5, 5.41) is 0.549. The zero-order valence-corrected chi connectivity index (χ0v) is 17.8. The summed E-state index contributed by atoms with van der Waals surface area (Å²) in [5.74, 6) is -0.0892. The van der Waals surface area contributed by atoms with E-state index in [9.17, 15) is 14.0 Å². The van der Waals surface area contributed by atoms with Gasteiger partial charge < -0.3 is 9.47 Å². The van der Waals surface area contributed by atoms with Gasteiger partial charge >= 0.3 is 0 Å². The molecule has 5 nitrogen and oxygen atoms in total. The van der Waals surface area contributed by atoms with Crippen LogP contribution >= 0.6 is 0 Å². The normalized spacial score (nSPS) is 22.4. The molecule has 31 heavy (non-hydrogen) atoms. The molecule has 160 valence electrons. The van der Waals surface area contributed by atoms with Crippen molar-refractivity contribution in [2.75, 3.05) is 13.1 Å². The third kappa shape index (κ3) is 3.34. The molecule has 6 heteroatoms. The molecule has 2 bridgehead atoms. The highest BCUT2D eigenvalue weighted by Crippen LogP contribution is 2.43. The van der Waals surface area contributed by atoms with E-state index in [4.69, 9.17) is 0 Å². The first kappa shape index (κ1) is 19.9. The van der Waals surface area contributed by atoms with Gasteiger partial charge in [-0.05, 0) is 56.0 Å². The number of nitrogens with zero attached hydrogens (tertiary/aromatic N) is 3. The lowest BCUT2D eigenvalue weighted by Crippen LogP contribution is -2.51. The number of benzene rings is 1. The zero-order chi connectivity index (χ0) is 21.7. The van der Waals surface area contributed by atoms with Crippen LogP contribution in [0.15, 0.2) is 47.3 Å². The molecule has 1 fully saturated rings. The second-order valence-corrected chi connectivity index (χ2v) is 8.89. The largest absolute Gasteiger partial charge is 0.338 e. The number of halogens is 1. The maximum absolute atomic E-state index is 14.0. The van der Waals surface area contributed by atoms with Crippen LogP contribution < -0.4 is 5.56 Å². The lowest BCUT2D eigenvalue weighted by atomic mass is 9.77. The smallest absolute Gasteiger partial charge is 0.254 e. The van der Waals surface area contributed by atoms with Crippen LogP contribution in [0.4, 0.5) is 4.39 Å². The van der Waals surface area contributed by atoms with Gasteiger partial charge in [0.2, 0.25) is 0 Å². The molecule has 0 radical (unpaired) electrons. The van der Waals surface area contributed by atoms with Gasteiger partial charge in [0.25, 0.3) is 11.5 Å². The molecule has 0 N–H and O–H groups in total.